The molecule has 0 saturated carbocycles. The van der Waals surface area contributed by atoms with Gasteiger partial charge in [0.25, 0.3) is 0 Å². The maximum atomic E-state index is 11.8. The molecule has 136 valence electrons. The van der Waals surface area contributed by atoms with Crippen molar-refractivity contribution >= 4 is 41.5 Å². The molecule has 0 radical (unpaired) electrons. The van der Waals surface area contributed by atoms with Gasteiger partial charge in [0.05, 0.1) is 0 Å². The molecule has 6 heteroatoms. The standard InChI is InChI=1S/C19H29NO4.Na.H/c1-2-3-4-5-6-7-8-9-18(22)24-19(23)17(20)14-15-10-12-16(21)13-11-15;;/h10-13,17,21H,2-9,14,20H2,1H3;;. The van der Waals surface area contributed by atoms with Crippen molar-refractivity contribution in [3.8, 4) is 5.75 Å². The quantitative estimate of drug-likeness (QED) is 0.274. The molecule has 1 atom stereocenters. The molecule has 5 nitrogen and oxygen atoms in total. The van der Waals surface area contributed by atoms with Gasteiger partial charge in [0.2, 0.25) is 0 Å². The van der Waals surface area contributed by atoms with Crippen LogP contribution in [0.1, 0.15) is 63.9 Å². The summed E-state index contributed by atoms with van der Waals surface area (Å²) < 4.78 is 4.80. The third-order valence-corrected chi connectivity index (χ3v) is 3.89. The van der Waals surface area contributed by atoms with Crippen LogP contribution in [0, 0.1) is 0 Å². The van der Waals surface area contributed by atoms with Crippen molar-refractivity contribution in [2.24, 2.45) is 5.73 Å². The predicted molar refractivity (Wildman–Crippen MR) is 101 cm³/mol. The molecule has 0 aliphatic heterocycles. The Kier molecular flexibility index (Phi) is 13.8. The number of nitrogens with two attached hydrogens (primary N) is 1. The second-order valence-corrected chi connectivity index (χ2v) is 6.14. The first-order valence-corrected chi connectivity index (χ1v) is 8.81. The summed E-state index contributed by atoms with van der Waals surface area (Å²) in [6, 6.07) is 5.54. The molecule has 0 aromatic heterocycles. The zero-order chi connectivity index (χ0) is 17.8. The van der Waals surface area contributed by atoms with Gasteiger partial charge in [0.15, 0.2) is 0 Å². The van der Waals surface area contributed by atoms with Gasteiger partial charge < -0.3 is 15.6 Å². The van der Waals surface area contributed by atoms with Crippen molar-refractivity contribution in [2.45, 2.75) is 70.8 Å². The summed E-state index contributed by atoms with van der Waals surface area (Å²) in [5, 5.41) is 9.21. The number of carbonyl (C=O) groups is 2. The Morgan fingerprint density at radius 3 is 2.20 bits per heavy atom. The van der Waals surface area contributed by atoms with E-state index in [1.54, 1.807) is 12.1 Å². The van der Waals surface area contributed by atoms with Crippen LogP contribution in [-0.4, -0.2) is 52.6 Å². The van der Waals surface area contributed by atoms with Gasteiger partial charge >= 0.3 is 41.5 Å². The fourth-order valence-electron chi connectivity index (χ4n) is 2.43. The summed E-state index contributed by atoms with van der Waals surface area (Å²) in [4.78, 5) is 23.5. The number of carbonyl (C=O) groups excluding carboxylic acids is 2. The number of benzene rings is 1. The van der Waals surface area contributed by atoms with Crippen molar-refractivity contribution in [3.63, 3.8) is 0 Å². The molecular weight excluding hydrogens is 329 g/mol. The van der Waals surface area contributed by atoms with Gasteiger partial charge in [-0.05, 0) is 30.5 Å². The van der Waals surface area contributed by atoms with Gasteiger partial charge in [-0.3, -0.25) is 4.79 Å². The number of unbranched alkanes of at least 4 members (excludes halogenated alkanes) is 6. The van der Waals surface area contributed by atoms with Crippen LogP contribution in [-0.2, 0) is 20.7 Å². The number of phenolic OH excluding ortho intramolecular Hbond substituents is 1. The average Bonchev–Trinajstić information content (AvgIpc) is 2.56. The minimum atomic E-state index is -0.882. The third kappa shape index (κ3) is 11.4. The molecule has 1 aromatic rings. The van der Waals surface area contributed by atoms with E-state index in [0.717, 1.165) is 24.8 Å². The number of hydrogen-bond donors (Lipinski definition) is 2. The Morgan fingerprint density at radius 2 is 1.60 bits per heavy atom. The molecule has 0 heterocycles. The third-order valence-electron chi connectivity index (χ3n) is 3.89. The van der Waals surface area contributed by atoms with Gasteiger partial charge in [-0.25, -0.2) is 4.79 Å². The van der Waals surface area contributed by atoms with Crippen molar-refractivity contribution in [2.75, 3.05) is 0 Å². The van der Waals surface area contributed by atoms with Gasteiger partial charge in [-0.2, -0.15) is 0 Å². The van der Waals surface area contributed by atoms with Crippen LogP contribution >= 0.6 is 0 Å². The summed E-state index contributed by atoms with van der Waals surface area (Å²) in [6.07, 6.45) is 8.27. The van der Waals surface area contributed by atoms with E-state index in [9.17, 15) is 14.7 Å². The molecule has 0 fully saturated rings. The van der Waals surface area contributed by atoms with Gasteiger partial charge in [0.1, 0.15) is 11.8 Å². The topological polar surface area (TPSA) is 89.6 Å². The number of esters is 2. The van der Waals surface area contributed by atoms with Gasteiger partial charge in [-0.15, -0.1) is 0 Å². The second-order valence-electron chi connectivity index (χ2n) is 6.14. The number of hydrogen-bond acceptors (Lipinski definition) is 5. The summed E-state index contributed by atoms with van der Waals surface area (Å²) >= 11 is 0. The first kappa shape index (κ1) is 24.1. The fourth-order valence-corrected chi connectivity index (χ4v) is 2.43. The van der Waals surface area contributed by atoms with Crippen LogP contribution in [0.5, 0.6) is 5.75 Å². The van der Waals surface area contributed by atoms with Crippen LogP contribution < -0.4 is 5.73 Å². The Bertz CT molecular complexity index is 505. The molecule has 1 unspecified atom stereocenters. The fraction of sp³-hybridized carbons (Fsp3) is 0.579. The van der Waals surface area contributed by atoms with Crippen LogP contribution in [0.25, 0.3) is 0 Å². The molecule has 0 saturated heterocycles. The zero-order valence-corrected chi connectivity index (χ0v) is 14.5. The Balaban J connectivity index is 0.00000576. The first-order valence-electron chi connectivity index (χ1n) is 8.81. The first-order chi connectivity index (χ1) is 11.5. The Morgan fingerprint density at radius 1 is 1.04 bits per heavy atom. The molecule has 0 aliphatic rings. The zero-order valence-electron chi connectivity index (χ0n) is 14.5. The van der Waals surface area contributed by atoms with E-state index in [1.807, 2.05) is 0 Å². The summed E-state index contributed by atoms with van der Waals surface area (Å²) in [7, 11) is 0. The van der Waals surface area contributed by atoms with Crippen LogP contribution in [0.4, 0.5) is 0 Å². The van der Waals surface area contributed by atoms with Crippen molar-refractivity contribution in [1.82, 2.24) is 0 Å². The number of ether oxygens (including phenoxy) is 1. The molecule has 1 aromatic carbocycles. The normalized spacial score (nSPS) is 11.4. The predicted octanol–water partition coefficient (Wildman–Crippen LogP) is 2.82. The molecular formula is C19H30NNaO4. The Hall–Kier alpha value is -0.880. The van der Waals surface area contributed by atoms with Crippen molar-refractivity contribution in [1.29, 1.82) is 0 Å². The second kappa shape index (κ2) is 14.3. The van der Waals surface area contributed by atoms with Gasteiger partial charge in [-0.1, -0.05) is 57.6 Å². The van der Waals surface area contributed by atoms with E-state index in [2.05, 4.69) is 6.92 Å². The number of phenols is 1. The summed E-state index contributed by atoms with van der Waals surface area (Å²) in [5.74, 6) is -1.05. The molecule has 0 amide bonds. The van der Waals surface area contributed by atoms with E-state index in [1.165, 1.54) is 37.8 Å². The molecule has 0 aliphatic carbocycles. The minimum absolute atomic E-state index is 0. The number of rotatable bonds is 11. The van der Waals surface area contributed by atoms with Crippen LogP contribution in [0.15, 0.2) is 24.3 Å². The summed E-state index contributed by atoms with van der Waals surface area (Å²) in [5.41, 5.74) is 6.57. The molecule has 0 bridgehead atoms. The van der Waals surface area contributed by atoms with Crippen LogP contribution in [0.2, 0.25) is 0 Å². The van der Waals surface area contributed by atoms with E-state index >= 15 is 0 Å². The van der Waals surface area contributed by atoms with Crippen molar-refractivity contribution < 1.29 is 19.4 Å². The maximum absolute atomic E-state index is 11.8. The Labute approximate surface area is 172 Å². The molecule has 25 heavy (non-hydrogen) atoms. The SMILES string of the molecule is CCCCCCCCCC(=O)OC(=O)C(N)Cc1ccc(O)cc1.[NaH]. The van der Waals surface area contributed by atoms with E-state index < -0.39 is 18.0 Å². The van der Waals surface area contributed by atoms with Crippen molar-refractivity contribution in [3.05, 3.63) is 29.8 Å². The molecule has 3 N–H and O–H groups in total. The average molecular weight is 359 g/mol. The van der Waals surface area contributed by atoms with E-state index in [0.29, 0.717) is 0 Å². The molecule has 0 spiro atoms. The van der Waals surface area contributed by atoms with E-state index in [-0.39, 0.29) is 48.1 Å². The van der Waals surface area contributed by atoms with Gasteiger partial charge in [0, 0.05) is 6.42 Å². The molecule has 1 rings (SSSR count). The number of aromatic hydroxyl groups is 1. The monoisotopic (exact) mass is 359 g/mol. The van der Waals surface area contributed by atoms with E-state index in [4.69, 9.17) is 10.5 Å². The summed E-state index contributed by atoms with van der Waals surface area (Å²) in [6.45, 7) is 2.18. The van der Waals surface area contributed by atoms with Crippen LogP contribution in [0.3, 0.4) is 0 Å².